The maximum absolute atomic E-state index is 11.3. The van der Waals surface area contributed by atoms with Gasteiger partial charge in [-0.2, -0.15) is 0 Å². The molecule has 6 heteroatoms. The molecule has 0 aromatic rings. The van der Waals surface area contributed by atoms with Gasteiger partial charge in [-0.25, -0.2) is 0 Å². The van der Waals surface area contributed by atoms with E-state index in [4.69, 9.17) is 10.2 Å². The van der Waals surface area contributed by atoms with Crippen molar-refractivity contribution in [2.45, 2.75) is 45.3 Å². The highest BCUT2D eigenvalue weighted by molar-refractivity contribution is 6.69. The minimum absolute atomic E-state index is 0.00801. The topological polar surface area (TPSA) is 81.4 Å². The van der Waals surface area contributed by atoms with E-state index in [0.29, 0.717) is 38.8 Å². The number of rotatable bonds is 9. The van der Waals surface area contributed by atoms with Crippen LogP contribution < -0.4 is 11.1 Å². The van der Waals surface area contributed by atoms with E-state index in [1.807, 2.05) is 0 Å². The summed E-state index contributed by atoms with van der Waals surface area (Å²) in [5.74, 6) is -0.303. The fraction of sp³-hybridized carbons (Fsp3) is 0.818. The Morgan fingerprint density at radius 2 is 1.76 bits per heavy atom. The Bertz CT molecular complexity index is 252. The average Bonchev–Trinajstić information content (AvgIpc) is 2.18. The Balaban J connectivity index is 3.38. The second-order valence-corrected chi connectivity index (χ2v) is 9.50. The molecule has 5 nitrogen and oxygen atoms in total. The van der Waals surface area contributed by atoms with E-state index in [9.17, 15) is 9.59 Å². The maximum Gasteiger partial charge on any atom is 0.220 e. The van der Waals surface area contributed by atoms with Crippen molar-refractivity contribution in [3.63, 3.8) is 0 Å². The van der Waals surface area contributed by atoms with Crippen molar-refractivity contribution in [3.05, 3.63) is 0 Å². The Kier molecular flexibility index (Phi) is 7.82. The summed E-state index contributed by atoms with van der Waals surface area (Å²) in [6, 6.07) is 0. The molecule has 0 saturated carbocycles. The molecule has 100 valence electrons. The van der Waals surface area contributed by atoms with Gasteiger partial charge < -0.3 is 15.5 Å². The average molecular weight is 260 g/mol. The Hall–Kier alpha value is -0.883. The maximum atomic E-state index is 11.3. The monoisotopic (exact) mass is 260 g/mol. The van der Waals surface area contributed by atoms with E-state index in [0.717, 1.165) is 0 Å². The molecule has 0 fully saturated rings. The summed E-state index contributed by atoms with van der Waals surface area (Å²) < 4.78 is 5.60. The van der Waals surface area contributed by atoms with Gasteiger partial charge in [-0.3, -0.25) is 9.59 Å². The summed E-state index contributed by atoms with van der Waals surface area (Å²) in [6.07, 6.45) is 2.17. The zero-order chi connectivity index (χ0) is 13.3. The van der Waals surface area contributed by atoms with Crippen molar-refractivity contribution < 1.29 is 14.0 Å². The van der Waals surface area contributed by atoms with E-state index >= 15 is 0 Å². The van der Waals surface area contributed by atoms with Gasteiger partial charge in [0, 0.05) is 19.4 Å². The highest BCUT2D eigenvalue weighted by atomic mass is 28.4. The first-order chi connectivity index (χ1) is 7.81. The third-order valence-electron chi connectivity index (χ3n) is 2.04. The van der Waals surface area contributed by atoms with E-state index in [1.165, 1.54) is 0 Å². The first-order valence-corrected chi connectivity index (χ1v) is 9.41. The molecule has 0 spiro atoms. The van der Waals surface area contributed by atoms with Crippen LogP contribution in [0.4, 0.5) is 0 Å². The second-order valence-electron chi connectivity index (χ2n) is 4.98. The van der Waals surface area contributed by atoms with Crippen LogP contribution in [0.1, 0.15) is 25.7 Å². The second kappa shape index (κ2) is 8.24. The van der Waals surface area contributed by atoms with Crippen LogP contribution in [0.15, 0.2) is 0 Å². The van der Waals surface area contributed by atoms with Gasteiger partial charge in [0.2, 0.25) is 11.8 Å². The highest BCUT2D eigenvalue weighted by Crippen LogP contribution is 2.01. The molecule has 0 heterocycles. The molecule has 2 amide bonds. The number of hydrogen-bond acceptors (Lipinski definition) is 3. The first kappa shape index (κ1) is 16.1. The zero-order valence-electron chi connectivity index (χ0n) is 11.0. The van der Waals surface area contributed by atoms with Gasteiger partial charge in [0.25, 0.3) is 0 Å². The Morgan fingerprint density at radius 1 is 1.18 bits per heavy atom. The molecule has 0 saturated heterocycles. The molecule has 3 N–H and O–H groups in total. The molecular weight excluding hydrogens is 236 g/mol. The van der Waals surface area contributed by atoms with Crippen molar-refractivity contribution in [2.24, 2.45) is 5.73 Å². The molecule has 0 rings (SSSR count). The summed E-state index contributed by atoms with van der Waals surface area (Å²) in [7, 11) is -1.48. The number of carbonyl (C=O) groups is 2. The number of nitrogens with two attached hydrogens (primary N) is 1. The van der Waals surface area contributed by atoms with Gasteiger partial charge in [0.1, 0.15) is 0 Å². The lowest BCUT2D eigenvalue weighted by molar-refractivity contribution is -0.122. The highest BCUT2D eigenvalue weighted by Gasteiger charge is 2.13. The van der Waals surface area contributed by atoms with Crippen molar-refractivity contribution in [2.75, 3.05) is 13.2 Å². The van der Waals surface area contributed by atoms with Gasteiger partial charge >= 0.3 is 0 Å². The smallest absolute Gasteiger partial charge is 0.220 e. The summed E-state index contributed by atoms with van der Waals surface area (Å²) >= 11 is 0. The minimum Gasteiger partial charge on any atom is -0.416 e. The molecule has 0 radical (unpaired) electrons. The van der Waals surface area contributed by atoms with Crippen molar-refractivity contribution in [3.8, 4) is 0 Å². The Morgan fingerprint density at radius 3 is 2.29 bits per heavy atom. The van der Waals surface area contributed by atoms with Crippen molar-refractivity contribution in [1.29, 1.82) is 0 Å². The van der Waals surface area contributed by atoms with E-state index in [2.05, 4.69) is 25.0 Å². The summed E-state index contributed by atoms with van der Waals surface area (Å²) in [6.45, 7) is 7.46. The number of unbranched alkanes of at least 4 members (excludes halogenated alkanes) is 1. The molecule has 0 aliphatic carbocycles. The van der Waals surface area contributed by atoms with Gasteiger partial charge in [-0.1, -0.05) is 0 Å². The molecular formula is C11H24N2O3Si. The Labute approximate surface area is 104 Å². The molecule has 0 bridgehead atoms. The zero-order valence-corrected chi connectivity index (χ0v) is 12.0. The van der Waals surface area contributed by atoms with Crippen LogP contribution in [0.25, 0.3) is 0 Å². The minimum atomic E-state index is -1.48. The predicted molar refractivity (Wildman–Crippen MR) is 70.0 cm³/mol. The lowest BCUT2D eigenvalue weighted by atomic mass is 10.2. The van der Waals surface area contributed by atoms with Crippen LogP contribution in [0.2, 0.25) is 19.6 Å². The molecule has 17 heavy (non-hydrogen) atoms. The molecule has 0 unspecified atom stereocenters. The molecule has 0 aliphatic rings. The SMILES string of the molecule is C[Si](C)(C)OCCNC(=O)CCCCC(N)=O. The summed E-state index contributed by atoms with van der Waals surface area (Å²) in [5, 5.41) is 2.79. The van der Waals surface area contributed by atoms with Gasteiger partial charge in [-0.15, -0.1) is 0 Å². The third kappa shape index (κ3) is 13.1. The van der Waals surface area contributed by atoms with Gasteiger partial charge in [0.05, 0.1) is 6.61 Å². The molecule has 0 aliphatic heterocycles. The number of hydrogen-bond donors (Lipinski definition) is 2. The summed E-state index contributed by atoms with van der Waals surface area (Å²) in [5.41, 5.74) is 5.00. The number of carbonyl (C=O) groups excluding carboxylic acids is 2. The summed E-state index contributed by atoms with van der Waals surface area (Å²) in [4.78, 5) is 21.8. The van der Waals surface area contributed by atoms with Crippen molar-refractivity contribution >= 4 is 20.1 Å². The number of amides is 2. The predicted octanol–water partition coefficient (Wildman–Crippen LogP) is 1.000. The lowest BCUT2D eigenvalue weighted by Crippen LogP contribution is -2.32. The van der Waals surface area contributed by atoms with Gasteiger partial charge in [-0.05, 0) is 32.5 Å². The quantitative estimate of drug-likeness (QED) is 0.479. The van der Waals surface area contributed by atoms with Gasteiger partial charge in [0.15, 0.2) is 8.32 Å². The van der Waals surface area contributed by atoms with E-state index in [-0.39, 0.29) is 11.8 Å². The van der Waals surface area contributed by atoms with E-state index in [1.54, 1.807) is 0 Å². The van der Waals surface area contributed by atoms with Crippen LogP contribution in [0, 0.1) is 0 Å². The van der Waals surface area contributed by atoms with Crippen LogP contribution in [0.3, 0.4) is 0 Å². The van der Waals surface area contributed by atoms with E-state index < -0.39 is 8.32 Å². The standard InChI is InChI=1S/C11H24N2O3Si/c1-17(2,3)16-9-8-13-11(15)7-5-4-6-10(12)14/h4-9H2,1-3H3,(H2,12,14)(H,13,15). The van der Waals surface area contributed by atoms with Crippen LogP contribution >= 0.6 is 0 Å². The molecule has 0 atom stereocenters. The van der Waals surface area contributed by atoms with Crippen LogP contribution in [0.5, 0.6) is 0 Å². The fourth-order valence-corrected chi connectivity index (χ4v) is 1.94. The normalized spacial score (nSPS) is 11.2. The lowest BCUT2D eigenvalue weighted by Gasteiger charge is -2.17. The van der Waals surface area contributed by atoms with Crippen LogP contribution in [-0.2, 0) is 14.0 Å². The first-order valence-electron chi connectivity index (χ1n) is 6.00. The molecule has 0 aromatic heterocycles. The number of primary amides is 1. The number of nitrogens with one attached hydrogen (secondary N) is 1. The largest absolute Gasteiger partial charge is 0.416 e. The third-order valence-corrected chi connectivity index (χ3v) is 3.11. The fourth-order valence-electron chi connectivity index (χ4n) is 1.22. The molecule has 0 aromatic carbocycles. The van der Waals surface area contributed by atoms with Crippen LogP contribution in [-0.4, -0.2) is 33.3 Å². The van der Waals surface area contributed by atoms with Crippen molar-refractivity contribution in [1.82, 2.24) is 5.32 Å².